The molecule has 0 saturated carbocycles. The topological polar surface area (TPSA) is 17.8 Å². The molecule has 0 atom stereocenters. The molecule has 0 bridgehead atoms. The monoisotopic (exact) mass is 180 g/mol. The molecule has 0 unspecified atom stereocenters. The summed E-state index contributed by atoms with van der Waals surface area (Å²) in [6.45, 7) is 2.94. The summed E-state index contributed by atoms with van der Waals surface area (Å²) in [4.78, 5) is 0. The summed E-state index contributed by atoms with van der Waals surface area (Å²) in [5, 5.41) is 6.12. The summed E-state index contributed by atoms with van der Waals surface area (Å²) in [5.41, 5.74) is 0.962. The van der Waals surface area contributed by atoms with Gasteiger partial charge in [-0.15, -0.1) is 0 Å². The van der Waals surface area contributed by atoms with Crippen molar-refractivity contribution in [2.45, 2.75) is 13.5 Å². The predicted octanol–water partition coefficient (Wildman–Crippen LogP) is 2.71. The van der Waals surface area contributed by atoms with Crippen LogP contribution in [0.1, 0.15) is 6.92 Å². The largest absolute Gasteiger partial charge is 0.272 e. The molecule has 1 heterocycles. The molecule has 0 spiro atoms. The smallest absolute Gasteiger partial charge is 0.0938 e. The second-order valence-electron chi connectivity index (χ2n) is 2.66. The second kappa shape index (κ2) is 2.79. The Morgan fingerprint density at radius 1 is 1.50 bits per heavy atom. The maximum absolute atomic E-state index is 5.97. The molecule has 2 rings (SSSR count). The van der Waals surface area contributed by atoms with Crippen molar-refractivity contribution in [1.29, 1.82) is 0 Å². The van der Waals surface area contributed by atoms with E-state index in [0.717, 1.165) is 22.5 Å². The van der Waals surface area contributed by atoms with E-state index >= 15 is 0 Å². The van der Waals surface area contributed by atoms with Gasteiger partial charge in [0.2, 0.25) is 0 Å². The van der Waals surface area contributed by atoms with E-state index in [-0.39, 0.29) is 0 Å². The quantitative estimate of drug-likeness (QED) is 0.660. The van der Waals surface area contributed by atoms with Crippen LogP contribution in [0.5, 0.6) is 0 Å². The molecular formula is C9H9ClN2. The predicted molar refractivity (Wildman–Crippen MR) is 50.4 cm³/mol. The lowest BCUT2D eigenvalue weighted by Crippen LogP contribution is -1.92. The third kappa shape index (κ3) is 1.08. The zero-order chi connectivity index (χ0) is 8.55. The van der Waals surface area contributed by atoms with Crippen molar-refractivity contribution in [2.75, 3.05) is 0 Å². The molecule has 2 nitrogen and oxygen atoms in total. The van der Waals surface area contributed by atoms with E-state index in [4.69, 9.17) is 11.6 Å². The summed E-state index contributed by atoms with van der Waals surface area (Å²) < 4.78 is 1.89. The number of aryl methyl sites for hydroxylation is 1. The van der Waals surface area contributed by atoms with Crippen LogP contribution in [-0.4, -0.2) is 9.78 Å². The Labute approximate surface area is 75.8 Å². The summed E-state index contributed by atoms with van der Waals surface area (Å²) in [5.74, 6) is 0. The van der Waals surface area contributed by atoms with Gasteiger partial charge in [-0.1, -0.05) is 17.7 Å². The maximum atomic E-state index is 5.97. The van der Waals surface area contributed by atoms with Gasteiger partial charge < -0.3 is 0 Å². The lowest BCUT2D eigenvalue weighted by Gasteiger charge is -1.88. The Morgan fingerprint density at radius 2 is 2.33 bits per heavy atom. The molecule has 0 amide bonds. The average Bonchev–Trinajstić information content (AvgIpc) is 2.49. The molecule has 0 aliphatic heterocycles. The SMILES string of the molecule is CCn1cc2c(Cl)cccc2n1. The summed E-state index contributed by atoms with van der Waals surface area (Å²) in [7, 11) is 0. The highest BCUT2D eigenvalue weighted by Crippen LogP contribution is 2.21. The fourth-order valence-corrected chi connectivity index (χ4v) is 1.44. The number of hydrogen-bond acceptors (Lipinski definition) is 1. The van der Waals surface area contributed by atoms with Crippen molar-refractivity contribution in [3.05, 3.63) is 29.4 Å². The number of halogens is 1. The van der Waals surface area contributed by atoms with Crippen molar-refractivity contribution in [1.82, 2.24) is 9.78 Å². The van der Waals surface area contributed by atoms with Gasteiger partial charge >= 0.3 is 0 Å². The zero-order valence-corrected chi connectivity index (χ0v) is 7.54. The van der Waals surface area contributed by atoms with Crippen LogP contribution in [0.4, 0.5) is 0 Å². The third-order valence-electron chi connectivity index (χ3n) is 1.87. The number of benzene rings is 1. The van der Waals surface area contributed by atoms with Crippen molar-refractivity contribution >= 4 is 22.5 Å². The molecule has 0 aliphatic carbocycles. The first-order chi connectivity index (χ1) is 5.81. The fourth-order valence-electron chi connectivity index (χ4n) is 1.22. The van der Waals surface area contributed by atoms with Gasteiger partial charge in [-0.2, -0.15) is 5.10 Å². The minimum absolute atomic E-state index is 0.771. The van der Waals surface area contributed by atoms with E-state index in [0.29, 0.717) is 0 Å². The van der Waals surface area contributed by atoms with Gasteiger partial charge in [-0.3, -0.25) is 4.68 Å². The molecular weight excluding hydrogens is 172 g/mol. The lowest BCUT2D eigenvalue weighted by molar-refractivity contribution is 0.668. The Bertz CT molecular complexity index is 406. The van der Waals surface area contributed by atoms with Crippen LogP contribution in [-0.2, 0) is 6.54 Å². The van der Waals surface area contributed by atoms with Crippen LogP contribution in [0.25, 0.3) is 10.9 Å². The lowest BCUT2D eigenvalue weighted by atomic mass is 10.3. The molecule has 0 saturated heterocycles. The average molecular weight is 181 g/mol. The molecule has 2 aromatic rings. The standard InChI is InChI=1S/C9H9ClN2/c1-2-12-6-7-8(10)4-3-5-9(7)11-12/h3-6H,2H2,1H3. The van der Waals surface area contributed by atoms with Crippen LogP contribution in [0.2, 0.25) is 5.02 Å². The number of fused-ring (bicyclic) bond motifs is 1. The maximum Gasteiger partial charge on any atom is 0.0938 e. The minimum Gasteiger partial charge on any atom is -0.272 e. The molecule has 0 N–H and O–H groups in total. The number of nitrogens with zero attached hydrogens (tertiary/aromatic N) is 2. The number of rotatable bonds is 1. The summed E-state index contributed by atoms with van der Waals surface area (Å²) in [6, 6.07) is 5.76. The van der Waals surface area contributed by atoms with Crippen molar-refractivity contribution < 1.29 is 0 Å². The van der Waals surface area contributed by atoms with Gasteiger partial charge in [-0.05, 0) is 19.1 Å². The highest BCUT2D eigenvalue weighted by atomic mass is 35.5. The van der Waals surface area contributed by atoms with E-state index in [9.17, 15) is 0 Å². The Hall–Kier alpha value is -1.02. The normalized spacial score (nSPS) is 10.8. The molecule has 0 aliphatic rings. The van der Waals surface area contributed by atoms with Crippen molar-refractivity contribution in [2.24, 2.45) is 0 Å². The van der Waals surface area contributed by atoms with Crippen LogP contribution in [0.15, 0.2) is 24.4 Å². The van der Waals surface area contributed by atoms with Crippen LogP contribution < -0.4 is 0 Å². The van der Waals surface area contributed by atoms with Gasteiger partial charge in [0.25, 0.3) is 0 Å². The summed E-state index contributed by atoms with van der Waals surface area (Å²) in [6.07, 6.45) is 1.97. The van der Waals surface area contributed by atoms with E-state index < -0.39 is 0 Å². The van der Waals surface area contributed by atoms with Gasteiger partial charge in [0.15, 0.2) is 0 Å². The van der Waals surface area contributed by atoms with Crippen molar-refractivity contribution in [3.63, 3.8) is 0 Å². The molecule has 0 radical (unpaired) electrons. The van der Waals surface area contributed by atoms with Crippen LogP contribution in [0, 0.1) is 0 Å². The Morgan fingerprint density at radius 3 is 3.00 bits per heavy atom. The zero-order valence-electron chi connectivity index (χ0n) is 6.79. The molecule has 62 valence electrons. The van der Waals surface area contributed by atoms with Gasteiger partial charge in [0.05, 0.1) is 10.5 Å². The van der Waals surface area contributed by atoms with E-state index in [1.807, 2.05) is 29.1 Å². The second-order valence-corrected chi connectivity index (χ2v) is 3.06. The highest BCUT2D eigenvalue weighted by Gasteiger charge is 2.01. The molecule has 12 heavy (non-hydrogen) atoms. The number of hydrogen-bond donors (Lipinski definition) is 0. The van der Waals surface area contributed by atoms with Gasteiger partial charge in [-0.25, -0.2) is 0 Å². The number of aromatic nitrogens is 2. The first-order valence-corrected chi connectivity index (χ1v) is 4.30. The molecule has 1 aromatic heterocycles. The first kappa shape index (κ1) is 7.62. The fraction of sp³-hybridized carbons (Fsp3) is 0.222. The van der Waals surface area contributed by atoms with Gasteiger partial charge in [0.1, 0.15) is 0 Å². The Balaban J connectivity index is 2.74. The summed E-state index contributed by atoms with van der Waals surface area (Å²) >= 11 is 5.97. The van der Waals surface area contributed by atoms with Crippen molar-refractivity contribution in [3.8, 4) is 0 Å². The first-order valence-electron chi connectivity index (χ1n) is 3.93. The highest BCUT2D eigenvalue weighted by molar-refractivity contribution is 6.35. The molecule has 1 aromatic carbocycles. The molecule has 3 heteroatoms. The van der Waals surface area contributed by atoms with Gasteiger partial charge in [0, 0.05) is 18.1 Å². The third-order valence-corrected chi connectivity index (χ3v) is 2.20. The van der Waals surface area contributed by atoms with Crippen LogP contribution in [0.3, 0.4) is 0 Å². The van der Waals surface area contributed by atoms with E-state index in [2.05, 4.69) is 12.0 Å². The van der Waals surface area contributed by atoms with E-state index in [1.165, 1.54) is 0 Å². The molecule has 0 fully saturated rings. The van der Waals surface area contributed by atoms with E-state index in [1.54, 1.807) is 0 Å². The minimum atomic E-state index is 0.771. The van der Waals surface area contributed by atoms with Crippen LogP contribution >= 0.6 is 11.6 Å². The Kier molecular flexibility index (Phi) is 1.77.